The Morgan fingerprint density at radius 2 is 2.14 bits per heavy atom. The second-order valence-corrected chi connectivity index (χ2v) is 5.28. The lowest BCUT2D eigenvalue weighted by Crippen LogP contribution is -2.19. The molecule has 4 rings (SSSR count). The van der Waals surface area contributed by atoms with Crippen molar-refractivity contribution in [2.24, 2.45) is 0 Å². The molecule has 0 saturated carbocycles. The molecule has 0 bridgehead atoms. The average molecular weight is 296 g/mol. The highest BCUT2D eigenvalue weighted by Gasteiger charge is 2.17. The van der Waals surface area contributed by atoms with Crippen LogP contribution in [-0.2, 0) is 4.74 Å². The number of hydrogen-bond acceptors (Lipinski definition) is 6. The van der Waals surface area contributed by atoms with Crippen LogP contribution in [0.1, 0.15) is 12.8 Å². The molecule has 1 saturated heterocycles. The molecule has 112 valence electrons. The molecule has 1 aromatic carbocycles. The number of hydrogen-bond donors (Lipinski definition) is 1. The third-order valence-corrected chi connectivity index (χ3v) is 3.81. The first kappa shape index (κ1) is 13.1. The molecule has 2 aromatic heterocycles. The van der Waals surface area contributed by atoms with E-state index in [0.29, 0.717) is 11.5 Å². The van der Waals surface area contributed by atoms with Gasteiger partial charge in [-0.2, -0.15) is 5.10 Å². The van der Waals surface area contributed by atoms with E-state index in [1.807, 2.05) is 30.3 Å². The topological polar surface area (TPSA) is 77.8 Å². The first-order valence-electron chi connectivity index (χ1n) is 7.40. The van der Waals surface area contributed by atoms with E-state index >= 15 is 0 Å². The average Bonchev–Trinajstić information content (AvgIpc) is 3.23. The van der Waals surface area contributed by atoms with Gasteiger partial charge in [-0.25, -0.2) is 4.68 Å². The highest BCUT2D eigenvalue weighted by molar-refractivity contribution is 5.86. The van der Waals surface area contributed by atoms with Gasteiger partial charge in [-0.1, -0.05) is 18.2 Å². The van der Waals surface area contributed by atoms with Gasteiger partial charge in [0, 0.05) is 13.2 Å². The van der Waals surface area contributed by atoms with Crippen molar-refractivity contribution in [3.63, 3.8) is 0 Å². The summed E-state index contributed by atoms with van der Waals surface area (Å²) in [5, 5.41) is 20.6. The molecule has 1 fully saturated rings. The highest BCUT2D eigenvalue weighted by atomic mass is 16.5. The fourth-order valence-electron chi connectivity index (χ4n) is 2.67. The Balaban J connectivity index is 1.65. The summed E-state index contributed by atoms with van der Waals surface area (Å²) in [4.78, 5) is 0. The number of rotatable bonds is 4. The van der Waals surface area contributed by atoms with Crippen LogP contribution in [-0.4, -0.2) is 44.4 Å². The van der Waals surface area contributed by atoms with Crippen LogP contribution < -0.4 is 5.32 Å². The number of benzene rings is 1. The number of fused-ring (bicyclic) bond motifs is 1. The van der Waals surface area contributed by atoms with Crippen LogP contribution in [0.3, 0.4) is 0 Å². The number of nitrogens with zero attached hydrogens (tertiary/aromatic N) is 5. The van der Waals surface area contributed by atoms with Crippen molar-refractivity contribution in [2.45, 2.75) is 18.9 Å². The molecule has 0 amide bonds. The second kappa shape index (κ2) is 5.69. The van der Waals surface area contributed by atoms with Gasteiger partial charge in [0.1, 0.15) is 0 Å². The van der Waals surface area contributed by atoms with Crippen molar-refractivity contribution in [3.05, 3.63) is 36.5 Å². The molecule has 1 aliphatic heterocycles. The molecular weight excluding hydrogens is 280 g/mol. The minimum atomic E-state index is 0.245. The van der Waals surface area contributed by atoms with E-state index < -0.39 is 0 Å². The van der Waals surface area contributed by atoms with Crippen LogP contribution in [0, 0.1) is 0 Å². The lowest BCUT2D eigenvalue weighted by atomic mass is 10.2. The molecule has 3 heterocycles. The largest absolute Gasteiger partial charge is 0.376 e. The standard InChI is InChI=1S/C15H16N6O/c1-2-5-11(6-3-1)21-15-13(10-17-21)14(18-20-19-15)16-9-12-7-4-8-22-12/h1-3,5-6,10,12H,4,7-9H2,(H,16,18,19)/t12-/m0/s1. The number of ether oxygens (including phenoxy) is 1. The lowest BCUT2D eigenvalue weighted by Gasteiger charge is -2.10. The predicted molar refractivity (Wildman–Crippen MR) is 81.9 cm³/mol. The lowest BCUT2D eigenvalue weighted by molar-refractivity contribution is 0.120. The van der Waals surface area contributed by atoms with Crippen LogP contribution in [0.25, 0.3) is 16.7 Å². The first-order valence-corrected chi connectivity index (χ1v) is 7.40. The van der Waals surface area contributed by atoms with E-state index in [1.165, 1.54) is 0 Å². The van der Waals surface area contributed by atoms with Crippen molar-refractivity contribution in [1.29, 1.82) is 0 Å². The smallest absolute Gasteiger partial charge is 0.190 e. The maximum atomic E-state index is 5.61. The van der Waals surface area contributed by atoms with E-state index in [-0.39, 0.29) is 6.10 Å². The Morgan fingerprint density at radius 1 is 1.23 bits per heavy atom. The summed E-state index contributed by atoms with van der Waals surface area (Å²) in [6.45, 7) is 1.57. The first-order chi connectivity index (χ1) is 10.9. The van der Waals surface area contributed by atoms with Gasteiger partial charge in [0.25, 0.3) is 0 Å². The number of nitrogens with one attached hydrogen (secondary N) is 1. The predicted octanol–water partition coefficient (Wildman–Crippen LogP) is 1.80. The Bertz CT molecular complexity index is 766. The Labute approximate surface area is 127 Å². The van der Waals surface area contributed by atoms with Crippen molar-refractivity contribution < 1.29 is 4.74 Å². The Morgan fingerprint density at radius 3 is 2.95 bits per heavy atom. The fraction of sp³-hybridized carbons (Fsp3) is 0.333. The van der Waals surface area contributed by atoms with Gasteiger partial charge in [-0.15, -0.1) is 10.2 Å². The summed E-state index contributed by atoms with van der Waals surface area (Å²) in [6, 6.07) is 9.86. The SMILES string of the molecule is c1ccc(-n2ncc3c(NC[C@@H]4CCCO4)nnnc32)cc1. The number of aromatic nitrogens is 5. The zero-order chi connectivity index (χ0) is 14.8. The maximum absolute atomic E-state index is 5.61. The van der Waals surface area contributed by atoms with E-state index in [4.69, 9.17) is 4.74 Å². The van der Waals surface area contributed by atoms with Crippen LogP contribution >= 0.6 is 0 Å². The highest BCUT2D eigenvalue weighted by Crippen LogP contribution is 2.21. The summed E-state index contributed by atoms with van der Waals surface area (Å²) >= 11 is 0. The molecule has 22 heavy (non-hydrogen) atoms. The Hall–Kier alpha value is -2.54. The van der Waals surface area contributed by atoms with Gasteiger partial charge in [0.2, 0.25) is 0 Å². The van der Waals surface area contributed by atoms with Gasteiger partial charge >= 0.3 is 0 Å². The van der Waals surface area contributed by atoms with E-state index in [2.05, 4.69) is 25.8 Å². The van der Waals surface area contributed by atoms with Gasteiger partial charge in [-0.3, -0.25) is 0 Å². The number of para-hydroxylation sites is 1. The Kier molecular flexibility index (Phi) is 3.40. The zero-order valence-electron chi connectivity index (χ0n) is 12.0. The molecule has 0 unspecified atom stereocenters. The summed E-state index contributed by atoms with van der Waals surface area (Å²) < 4.78 is 7.38. The summed E-state index contributed by atoms with van der Waals surface area (Å²) in [5.74, 6) is 0.697. The molecular formula is C15H16N6O. The van der Waals surface area contributed by atoms with Gasteiger partial charge in [0.05, 0.1) is 23.4 Å². The molecule has 1 aliphatic rings. The zero-order valence-corrected chi connectivity index (χ0v) is 12.0. The molecule has 0 radical (unpaired) electrons. The number of anilines is 1. The summed E-state index contributed by atoms with van der Waals surface area (Å²) in [6.07, 6.45) is 4.21. The summed E-state index contributed by atoms with van der Waals surface area (Å²) in [5.41, 5.74) is 1.64. The van der Waals surface area contributed by atoms with Crippen molar-refractivity contribution in [3.8, 4) is 5.69 Å². The van der Waals surface area contributed by atoms with Crippen LogP contribution in [0.2, 0.25) is 0 Å². The third kappa shape index (κ3) is 2.39. The van der Waals surface area contributed by atoms with Crippen molar-refractivity contribution in [2.75, 3.05) is 18.5 Å². The quantitative estimate of drug-likeness (QED) is 0.791. The molecule has 0 spiro atoms. The normalized spacial score (nSPS) is 17.9. The minimum absolute atomic E-state index is 0.245. The monoisotopic (exact) mass is 296 g/mol. The molecule has 0 aliphatic carbocycles. The molecule has 1 N–H and O–H groups in total. The second-order valence-electron chi connectivity index (χ2n) is 5.28. The third-order valence-electron chi connectivity index (χ3n) is 3.81. The van der Waals surface area contributed by atoms with Crippen molar-refractivity contribution >= 4 is 16.9 Å². The minimum Gasteiger partial charge on any atom is -0.376 e. The van der Waals surface area contributed by atoms with Gasteiger partial charge in [0.15, 0.2) is 11.5 Å². The fourth-order valence-corrected chi connectivity index (χ4v) is 2.67. The van der Waals surface area contributed by atoms with Crippen LogP contribution in [0.15, 0.2) is 36.5 Å². The molecule has 1 atom stereocenters. The van der Waals surface area contributed by atoms with Crippen LogP contribution in [0.5, 0.6) is 0 Å². The molecule has 7 heteroatoms. The van der Waals surface area contributed by atoms with E-state index in [9.17, 15) is 0 Å². The van der Waals surface area contributed by atoms with Crippen molar-refractivity contribution in [1.82, 2.24) is 25.2 Å². The van der Waals surface area contributed by atoms with Gasteiger partial charge in [-0.05, 0) is 30.2 Å². The molecule has 3 aromatic rings. The van der Waals surface area contributed by atoms with E-state index in [1.54, 1.807) is 10.9 Å². The van der Waals surface area contributed by atoms with E-state index in [0.717, 1.165) is 37.1 Å². The molecule has 7 nitrogen and oxygen atoms in total. The maximum Gasteiger partial charge on any atom is 0.190 e. The summed E-state index contributed by atoms with van der Waals surface area (Å²) in [7, 11) is 0. The van der Waals surface area contributed by atoms with Gasteiger partial charge < -0.3 is 10.1 Å². The van der Waals surface area contributed by atoms with Crippen LogP contribution in [0.4, 0.5) is 5.82 Å².